The molecule has 35 heavy (non-hydrogen) atoms. The second-order valence-corrected chi connectivity index (χ2v) is 8.15. The third-order valence-electron chi connectivity index (χ3n) is 4.91. The lowest BCUT2D eigenvalue weighted by molar-refractivity contribution is -0.114. The van der Waals surface area contributed by atoms with Crippen molar-refractivity contribution in [3.05, 3.63) is 66.7 Å². The molecule has 1 amide bonds. The van der Waals surface area contributed by atoms with Gasteiger partial charge in [0.2, 0.25) is 5.91 Å². The Balaban J connectivity index is 1.88. The van der Waals surface area contributed by atoms with Gasteiger partial charge in [-0.15, -0.1) is 0 Å². The molecule has 0 aliphatic rings. The number of rotatable bonds is 8. The van der Waals surface area contributed by atoms with Gasteiger partial charge >= 0.3 is 0 Å². The van der Waals surface area contributed by atoms with Crippen LogP contribution in [0.2, 0.25) is 0 Å². The number of hydrogen-bond donors (Lipinski definition) is 2. The number of fused-ring (bicyclic) bond motifs is 1. The lowest BCUT2D eigenvalue weighted by Crippen LogP contribution is -2.22. The molecule has 0 radical (unpaired) electrons. The number of para-hydroxylation sites is 2. The van der Waals surface area contributed by atoms with Crippen molar-refractivity contribution in [2.75, 3.05) is 29.2 Å². The molecule has 2 N–H and O–H groups in total. The first-order chi connectivity index (χ1) is 16.9. The van der Waals surface area contributed by atoms with Crippen molar-refractivity contribution in [3.8, 4) is 11.5 Å². The summed E-state index contributed by atoms with van der Waals surface area (Å²) < 4.78 is 36.6. The average Bonchev–Trinajstić information content (AvgIpc) is 2.83. The van der Waals surface area contributed by atoms with E-state index < -0.39 is 11.3 Å². The zero-order valence-corrected chi connectivity index (χ0v) is 20.0. The van der Waals surface area contributed by atoms with Gasteiger partial charge in [0.15, 0.2) is 11.6 Å². The Labute approximate surface area is 204 Å². The van der Waals surface area contributed by atoms with Gasteiger partial charge in [-0.3, -0.25) is 13.3 Å². The van der Waals surface area contributed by atoms with Gasteiger partial charge in [0.1, 0.15) is 11.5 Å². The second kappa shape index (κ2) is 10.4. The van der Waals surface area contributed by atoms with Crippen LogP contribution in [0.1, 0.15) is 6.92 Å². The molecule has 0 aliphatic heterocycles. The van der Waals surface area contributed by atoms with E-state index in [1.165, 1.54) is 27.2 Å². The lowest BCUT2D eigenvalue weighted by atomic mass is 10.2. The summed E-state index contributed by atoms with van der Waals surface area (Å²) in [5, 5.41) is 5.80. The Morgan fingerprint density at radius 1 is 0.914 bits per heavy atom. The minimum absolute atomic E-state index is 0.0406. The fourth-order valence-electron chi connectivity index (χ4n) is 3.42. The van der Waals surface area contributed by atoms with Crippen LogP contribution >= 0.6 is 0 Å². The lowest BCUT2D eigenvalue weighted by Gasteiger charge is -2.27. The first-order valence-corrected chi connectivity index (χ1v) is 11.4. The maximum absolute atomic E-state index is 12.5. The minimum Gasteiger partial charge on any atom is -0.755 e. The quantitative estimate of drug-likeness (QED) is 0.349. The first-order valence-electron chi connectivity index (χ1n) is 10.4. The number of amides is 1. The molecule has 0 fully saturated rings. The Morgan fingerprint density at radius 3 is 2.17 bits per heavy atom. The first kappa shape index (κ1) is 23.9. The molecule has 0 bridgehead atoms. The van der Waals surface area contributed by atoms with E-state index >= 15 is 0 Å². The number of benzene rings is 3. The van der Waals surface area contributed by atoms with Crippen LogP contribution in [-0.4, -0.2) is 38.9 Å². The van der Waals surface area contributed by atoms with E-state index in [1.807, 2.05) is 6.07 Å². The number of ether oxygens (including phenoxy) is 2. The zero-order chi connectivity index (χ0) is 24.9. The van der Waals surface area contributed by atoms with Gasteiger partial charge in [-0.1, -0.05) is 18.2 Å². The molecule has 3 aromatic carbocycles. The Hall–Kier alpha value is -4.22. The van der Waals surface area contributed by atoms with Crippen molar-refractivity contribution >= 4 is 56.9 Å². The molecule has 0 saturated heterocycles. The molecule has 0 spiro atoms. The number of aromatic nitrogens is 2. The highest BCUT2D eigenvalue weighted by Crippen LogP contribution is 2.36. The number of methoxy groups -OCH3 is 2. The SMILES string of the molecule is COc1cc(Nc2nc3ccccc3nc2N(c2cccc(NC(C)=O)c2)S(=O)[O-])cc(OC)c1. The molecule has 1 unspecified atom stereocenters. The predicted octanol–water partition coefficient (Wildman–Crippen LogP) is 4.28. The van der Waals surface area contributed by atoms with E-state index in [0.29, 0.717) is 33.9 Å². The third kappa shape index (κ3) is 5.48. The summed E-state index contributed by atoms with van der Waals surface area (Å²) >= 11 is -2.77. The highest BCUT2D eigenvalue weighted by Gasteiger charge is 2.20. The molecular weight excluding hydrogens is 470 g/mol. The molecule has 10 nitrogen and oxygen atoms in total. The molecular formula is C24H22N5O5S-. The van der Waals surface area contributed by atoms with Gasteiger partial charge in [0.05, 0.1) is 42.2 Å². The van der Waals surface area contributed by atoms with Crippen LogP contribution in [0.5, 0.6) is 11.5 Å². The van der Waals surface area contributed by atoms with Crippen molar-refractivity contribution in [2.45, 2.75) is 6.92 Å². The average molecular weight is 493 g/mol. The van der Waals surface area contributed by atoms with Gasteiger partial charge in [0.25, 0.3) is 0 Å². The van der Waals surface area contributed by atoms with E-state index in [4.69, 9.17) is 9.47 Å². The second-order valence-electron chi connectivity index (χ2n) is 7.35. The minimum atomic E-state index is -2.77. The molecule has 1 atom stereocenters. The van der Waals surface area contributed by atoms with Crippen molar-refractivity contribution in [1.82, 2.24) is 9.97 Å². The predicted molar refractivity (Wildman–Crippen MR) is 134 cm³/mol. The molecule has 180 valence electrons. The Bertz CT molecular complexity index is 1390. The van der Waals surface area contributed by atoms with Gasteiger partial charge in [-0.25, -0.2) is 9.97 Å². The highest BCUT2D eigenvalue weighted by atomic mass is 32.2. The summed E-state index contributed by atoms with van der Waals surface area (Å²) in [6, 6.07) is 18.7. The fourth-order valence-corrected chi connectivity index (χ4v) is 3.98. The highest BCUT2D eigenvalue weighted by molar-refractivity contribution is 7.81. The van der Waals surface area contributed by atoms with Crippen molar-refractivity contribution < 1.29 is 23.0 Å². The summed E-state index contributed by atoms with van der Waals surface area (Å²) in [7, 11) is 3.06. The van der Waals surface area contributed by atoms with Crippen LogP contribution < -0.4 is 24.4 Å². The summed E-state index contributed by atoms with van der Waals surface area (Å²) in [6.07, 6.45) is 0. The van der Waals surface area contributed by atoms with Crippen molar-refractivity contribution in [1.29, 1.82) is 0 Å². The number of anilines is 5. The van der Waals surface area contributed by atoms with Crippen LogP contribution in [0.15, 0.2) is 66.7 Å². The van der Waals surface area contributed by atoms with Crippen molar-refractivity contribution in [2.24, 2.45) is 0 Å². The summed E-state index contributed by atoms with van der Waals surface area (Å²) in [5.41, 5.74) is 2.32. The molecule has 4 aromatic rings. The summed E-state index contributed by atoms with van der Waals surface area (Å²) in [6.45, 7) is 1.37. The monoisotopic (exact) mass is 492 g/mol. The zero-order valence-electron chi connectivity index (χ0n) is 19.1. The third-order valence-corrected chi connectivity index (χ3v) is 5.59. The van der Waals surface area contributed by atoms with E-state index in [-0.39, 0.29) is 23.2 Å². The normalized spacial score (nSPS) is 11.5. The molecule has 11 heteroatoms. The van der Waals surface area contributed by atoms with Crippen LogP contribution in [0.3, 0.4) is 0 Å². The van der Waals surface area contributed by atoms with E-state index in [9.17, 15) is 13.6 Å². The number of hydrogen-bond acceptors (Lipinski definition) is 8. The number of nitrogens with one attached hydrogen (secondary N) is 2. The fraction of sp³-hybridized carbons (Fsp3) is 0.125. The summed E-state index contributed by atoms with van der Waals surface area (Å²) in [5.74, 6) is 1.02. The van der Waals surface area contributed by atoms with Gasteiger partial charge in [-0.05, 0) is 30.3 Å². The topological polar surface area (TPSA) is 129 Å². The number of nitrogens with zero attached hydrogens (tertiary/aromatic N) is 3. The van der Waals surface area contributed by atoms with E-state index in [1.54, 1.807) is 54.6 Å². The van der Waals surface area contributed by atoms with Crippen LogP contribution in [0, 0.1) is 0 Å². The van der Waals surface area contributed by atoms with Crippen LogP contribution in [-0.2, 0) is 16.1 Å². The molecule has 1 aromatic heterocycles. The van der Waals surface area contributed by atoms with Gasteiger partial charge in [0, 0.05) is 36.5 Å². The molecule has 1 heterocycles. The molecule has 0 saturated carbocycles. The van der Waals surface area contributed by atoms with E-state index in [0.717, 1.165) is 4.31 Å². The van der Waals surface area contributed by atoms with Gasteiger partial charge in [-0.2, -0.15) is 0 Å². The van der Waals surface area contributed by atoms with Crippen molar-refractivity contribution in [3.63, 3.8) is 0 Å². The molecule has 0 aliphatic carbocycles. The maximum Gasteiger partial charge on any atom is 0.221 e. The number of carbonyl (C=O) groups is 1. The summed E-state index contributed by atoms with van der Waals surface area (Å²) in [4.78, 5) is 20.8. The number of carbonyl (C=O) groups excluding carboxylic acids is 1. The Morgan fingerprint density at radius 2 is 1.57 bits per heavy atom. The standard InChI is InChI=1S/C24H23N5O5S/c1-15(30)25-16-7-6-8-18(11-16)29(35(31)32)24-23(27-21-9-4-5-10-22(21)28-24)26-17-12-19(33-2)14-20(13-17)34-3/h4-14H,1-3H3,(H,25,30)(H,26,27)(H,31,32)/p-1. The Kier molecular flexibility index (Phi) is 7.09. The largest absolute Gasteiger partial charge is 0.755 e. The maximum atomic E-state index is 12.5. The van der Waals surface area contributed by atoms with E-state index in [2.05, 4.69) is 20.6 Å². The van der Waals surface area contributed by atoms with Crippen LogP contribution in [0.25, 0.3) is 11.0 Å². The van der Waals surface area contributed by atoms with Crippen LogP contribution in [0.4, 0.5) is 28.7 Å². The molecule has 4 rings (SSSR count). The smallest absolute Gasteiger partial charge is 0.221 e. The van der Waals surface area contributed by atoms with Gasteiger partial charge < -0.3 is 24.7 Å².